The molecule has 5 rings (SSSR count). The summed E-state index contributed by atoms with van der Waals surface area (Å²) in [6.07, 6.45) is 0.707. The second kappa shape index (κ2) is 8.24. The molecule has 0 aliphatic carbocycles. The molecule has 1 atom stereocenters. The van der Waals surface area contributed by atoms with Crippen LogP contribution in [0, 0.1) is 5.82 Å². The van der Waals surface area contributed by atoms with Crippen molar-refractivity contribution < 1.29 is 18.7 Å². The molecule has 2 aromatic rings. The molecule has 0 unspecified atom stereocenters. The molecule has 6 nitrogen and oxygen atoms in total. The van der Waals surface area contributed by atoms with Crippen LogP contribution in [0.2, 0.25) is 0 Å². The number of rotatable bonds is 4. The van der Waals surface area contributed by atoms with Gasteiger partial charge in [0.2, 0.25) is 0 Å². The molecule has 158 valence electrons. The number of carbonyl (C=O) groups excluding carboxylic acids is 1. The van der Waals surface area contributed by atoms with Crippen LogP contribution in [-0.2, 0) is 4.74 Å². The van der Waals surface area contributed by atoms with E-state index < -0.39 is 0 Å². The molecule has 2 saturated heterocycles. The largest absolute Gasteiger partial charge is 0.493 e. The fourth-order valence-electron chi connectivity index (χ4n) is 4.35. The predicted octanol–water partition coefficient (Wildman–Crippen LogP) is 2.60. The van der Waals surface area contributed by atoms with E-state index in [4.69, 9.17) is 9.47 Å². The molecule has 2 fully saturated rings. The van der Waals surface area contributed by atoms with Gasteiger partial charge in [0.05, 0.1) is 31.9 Å². The zero-order valence-electron chi connectivity index (χ0n) is 16.9. The summed E-state index contributed by atoms with van der Waals surface area (Å²) in [6.45, 7) is 6.28. The van der Waals surface area contributed by atoms with Gasteiger partial charge in [-0.25, -0.2) is 4.39 Å². The van der Waals surface area contributed by atoms with E-state index in [1.54, 1.807) is 0 Å². The van der Waals surface area contributed by atoms with Crippen molar-refractivity contribution in [2.45, 2.75) is 18.5 Å². The minimum absolute atomic E-state index is 0.125. The second-order valence-corrected chi connectivity index (χ2v) is 8.11. The number of fused-ring (bicyclic) bond motifs is 1. The number of hydrogen-bond donors (Lipinski definition) is 1. The highest BCUT2D eigenvalue weighted by Gasteiger charge is 2.30. The Morgan fingerprint density at radius 2 is 1.80 bits per heavy atom. The molecular formula is C23H26FN3O3. The molecule has 1 amide bonds. The molecule has 30 heavy (non-hydrogen) atoms. The average molecular weight is 411 g/mol. The lowest BCUT2D eigenvalue weighted by Crippen LogP contribution is -2.56. The van der Waals surface area contributed by atoms with Crippen LogP contribution in [0.25, 0.3) is 0 Å². The molecule has 7 heteroatoms. The summed E-state index contributed by atoms with van der Waals surface area (Å²) in [6, 6.07) is 12.3. The molecule has 0 radical (unpaired) electrons. The highest BCUT2D eigenvalue weighted by molar-refractivity contribution is 5.94. The van der Waals surface area contributed by atoms with Crippen LogP contribution in [0.5, 0.6) is 5.75 Å². The standard InChI is InChI=1S/C23H26FN3O3/c24-17-3-1-16(2-4-17)23(28)25-21-7-12-30-22-6-5-18(13-20(21)22)26-8-10-27(11-9-26)19-14-29-15-19/h1-6,13,19,21H,7-12,14-15H2,(H,25,28)/t21-/m0/s1. The first-order valence-electron chi connectivity index (χ1n) is 10.6. The van der Waals surface area contributed by atoms with Gasteiger partial charge in [-0.15, -0.1) is 0 Å². The SMILES string of the molecule is O=C(N[C@H]1CCOc2ccc(N3CCN(C4COC4)CC3)cc21)c1ccc(F)cc1. The lowest BCUT2D eigenvalue weighted by molar-refractivity contribution is -0.0660. The Hall–Kier alpha value is -2.64. The van der Waals surface area contributed by atoms with Crippen LogP contribution in [0.15, 0.2) is 42.5 Å². The smallest absolute Gasteiger partial charge is 0.251 e. The summed E-state index contributed by atoms with van der Waals surface area (Å²) < 4.78 is 24.3. The van der Waals surface area contributed by atoms with Gasteiger partial charge < -0.3 is 19.7 Å². The van der Waals surface area contributed by atoms with Crippen molar-refractivity contribution in [2.24, 2.45) is 0 Å². The van der Waals surface area contributed by atoms with Crippen molar-refractivity contribution in [3.05, 3.63) is 59.4 Å². The summed E-state index contributed by atoms with van der Waals surface area (Å²) in [4.78, 5) is 17.6. The van der Waals surface area contributed by atoms with Crippen LogP contribution in [-0.4, -0.2) is 62.8 Å². The number of hydrogen-bond acceptors (Lipinski definition) is 5. The maximum Gasteiger partial charge on any atom is 0.251 e. The lowest BCUT2D eigenvalue weighted by Gasteiger charge is -2.43. The summed E-state index contributed by atoms with van der Waals surface area (Å²) >= 11 is 0. The minimum atomic E-state index is -0.350. The Morgan fingerprint density at radius 1 is 1.03 bits per heavy atom. The van der Waals surface area contributed by atoms with Crippen LogP contribution in [0.4, 0.5) is 10.1 Å². The number of halogens is 1. The average Bonchev–Trinajstić information content (AvgIpc) is 2.73. The molecule has 3 aliphatic heterocycles. The first-order chi connectivity index (χ1) is 14.7. The minimum Gasteiger partial charge on any atom is -0.493 e. The fourth-order valence-corrected chi connectivity index (χ4v) is 4.35. The van der Waals surface area contributed by atoms with Crippen LogP contribution in [0.3, 0.4) is 0 Å². The molecule has 0 saturated carbocycles. The predicted molar refractivity (Wildman–Crippen MR) is 112 cm³/mol. The molecule has 3 heterocycles. The number of ether oxygens (including phenoxy) is 2. The highest BCUT2D eigenvalue weighted by Crippen LogP contribution is 2.35. The van der Waals surface area contributed by atoms with Crippen molar-refractivity contribution in [1.29, 1.82) is 0 Å². The first-order valence-corrected chi connectivity index (χ1v) is 10.6. The number of nitrogens with zero attached hydrogens (tertiary/aromatic N) is 2. The number of benzene rings is 2. The van der Waals surface area contributed by atoms with Gasteiger partial charge in [0.1, 0.15) is 11.6 Å². The number of carbonyl (C=O) groups is 1. The molecular weight excluding hydrogens is 385 g/mol. The van der Waals surface area contributed by atoms with E-state index in [1.807, 2.05) is 6.07 Å². The maximum atomic E-state index is 13.2. The van der Waals surface area contributed by atoms with E-state index >= 15 is 0 Å². The lowest BCUT2D eigenvalue weighted by atomic mass is 9.98. The van der Waals surface area contributed by atoms with E-state index in [9.17, 15) is 9.18 Å². The summed E-state index contributed by atoms with van der Waals surface area (Å²) in [5, 5.41) is 3.10. The Morgan fingerprint density at radius 3 is 2.50 bits per heavy atom. The van der Waals surface area contributed by atoms with Gasteiger partial charge in [-0.1, -0.05) is 0 Å². The van der Waals surface area contributed by atoms with Crippen molar-refractivity contribution in [2.75, 3.05) is 50.9 Å². The quantitative estimate of drug-likeness (QED) is 0.838. The molecule has 2 aromatic carbocycles. The summed E-state index contributed by atoms with van der Waals surface area (Å²) in [7, 11) is 0. The van der Waals surface area contributed by atoms with Crippen LogP contribution in [0.1, 0.15) is 28.4 Å². The van der Waals surface area contributed by atoms with Crippen LogP contribution >= 0.6 is 0 Å². The van der Waals surface area contributed by atoms with Gasteiger partial charge >= 0.3 is 0 Å². The Labute approximate surface area is 175 Å². The van der Waals surface area contributed by atoms with Gasteiger partial charge in [0.25, 0.3) is 5.91 Å². The normalized spacial score (nSPS) is 22.0. The molecule has 0 aromatic heterocycles. The van der Waals surface area contributed by atoms with Gasteiger partial charge in [-0.3, -0.25) is 9.69 Å². The third-order valence-corrected chi connectivity index (χ3v) is 6.26. The molecule has 3 aliphatic rings. The van der Waals surface area contributed by atoms with Crippen molar-refractivity contribution >= 4 is 11.6 Å². The van der Waals surface area contributed by atoms with E-state index in [1.165, 1.54) is 24.3 Å². The Balaban J connectivity index is 1.29. The third-order valence-electron chi connectivity index (χ3n) is 6.26. The fraction of sp³-hybridized carbons (Fsp3) is 0.435. The van der Waals surface area contributed by atoms with Gasteiger partial charge in [0.15, 0.2) is 0 Å². The molecule has 0 bridgehead atoms. The second-order valence-electron chi connectivity index (χ2n) is 8.11. The molecule has 0 spiro atoms. The van der Waals surface area contributed by atoms with E-state index in [-0.39, 0.29) is 17.8 Å². The number of nitrogens with one attached hydrogen (secondary N) is 1. The topological polar surface area (TPSA) is 54.0 Å². The zero-order valence-corrected chi connectivity index (χ0v) is 16.9. The Kier molecular flexibility index (Phi) is 5.31. The van der Waals surface area contributed by atoms with Crippen molar-refractivity contribution in [1.82, 2.24) is 10.2 Å². The van der Waals surface area contributed by atoms with Gasteiger partial charge in [-0.2, -0.15) is 0 Å². The maximum absolute atomic E-state index is 13.2. The summed E-state index contributed by atoms with van der Waals surface area (Å²) in [5.74, 6) is 0.270. The number of piperazine rings is 1. The number of anilines is 1. The zero-order chi connectivity index (χ0) is 20.5. The summed E-state index contributed by atoms with van der Waals surface area (Å²) in [5.41, 5.74) is 2.62. The Bertz CT molecular complexity index is 908. The molecule has 1 N–H and O–H groups in total. The van der Waals surface area contributed by atoms with E-state index in [2.05, 4.69) is 27.2 Å². The van der Waals surface area contributed by atoms with Crippen LogP contribution < -0.4 is 15.0 Å². The van der Waals surface area contributed by atoms with E-state index in [0.717, 1.165) is 56.4 Å². The van der Waals surface area contributed by atoms with Crippen molar-refractivity contribution in [3.8, 4) is 5.75 Å². The first kappa shape index (κ1) is 19.3. The van der Waals surface area contributed by atoms with Gasteiger partial charge in [-0.05, 0) is 42.5 Å². The van der Waals surface area contributed by atoms with Crippen molar-refractivity contribution in [3.63, 3.8) is 0 Å². The highest BCUT2D eigenvalue weighted by atomic mass is 19.1. The monoisotopic (exact) mass is 411 g/mol. The number of amides is 1. The third kappa shape index (κ3) is 3.87. The van der Waals surface area contributed by atoms with Gasteiger partial charge in [0, 0.05) is 49.4 Å². The van der Waals surface area contributed by atoms with E-state index in [0.29, 0.717) is 24.6 Å².